The van der Waals surface area contributed by atoms with Gasteiger partial charge in [-0.05, 0) is 31.0 Å². The van der Waals surface area contributed by atoms with Gasteiger partial charge in [-0.15, -0.1) is 24.0 Å². The average Bonchev–Trinajstić information content (AvgIpc) is 2.57. The van der Waals surface area contributed by atoms with Crippen LogP contribution in [0.1, 0.15) is 31.4 Å². The van der Waals surface area contributed by atoms with Gasteiger partial charge in [-0.25, -0.2) is 4.99 Å². The van der Waals surface area contributed by atoms with Crippen LogP contribution in [0.2, 0.25) is 0 Å². The third kappa shape index (κ3) is 8.81. The lowest BCUT2D eigenvalue weighted by Gasteiger charge is -2.25. The summed E-state index contributed by atoms with van der Waals surface area (Å²) in [6.07, 6.45) is -3.48. The number of hydrogen-bond acceptors (Lipinski definition) is 2. The van der Waals surface area contributed by atoms with Gasteiger partial charge in [0.25, 0.3) is 0 Å². The molecule has 1 rings (SSSR count). The monoisotopic (exact) mass is 500 g/mol. The van der Waals surface area contributed by atoms with Crippen molar-refractivity contribution in [3.63, 3.8) is 0 Å². The van der Waals surface area contributed by atoms with Crippen LogP contribution >= 0.6 is 24.0 Å². The zero-order valence-electron chi connectivity index (χ0n) is 16.3. The lowest BCUT2D eigenvalue weighted by molar-refractivity contribution is -0.137. The van der Waals surface area contributed by atoms with E-state index in [0.717, 1.165) is 24.1 Å². The normalized spacial score (nSPS) is 12.8. The molecule has 1 N–H and O–H groups in total. The molecule has 0 aliphatic heterocycles. The minimum atomic E-state index is -4.35. The van der Waals surface area contributed by atoms with E-state index in [1.165, 1.54) is 17.0 Å². The Kier molecular flexibility index (Phi) is 10.7. The maximum absolute atomic E-state index is 12.7. The van der Waals surface area contributed by atoms with E-state index in [1.54, 1.807) is 26.0 Å². The molecule has 1 atom stereocenters. The Hall–Kier alpha value is -1.52. The Balaban J connectivity index is 0.00000676. The van der Waals surface area contributed by atoms with Gasteiger partial charge in [0.2, 0.25) is 5.91 Å². The number of carbonyl (C=O) groups excluding carboxylic acids is 1. The first-order chi connectivity index (χ1) is 12.0. The highest BCUT2D eigenvalue weighted by atomic mass is 127. The Morgan fingerprint density at radius 2 is 1.74 bits per heavy atom. The van der Waals surface area contributed by atoms with Crippen molar-refractivity contribution in [1.82, 2.24) is 15.1 Å². The van der Waals surface area contributed by atoms with Crippen molar-refractivity contribution in [2.75, 3.05) is 27.7 Å². The van der Waals surface area contributed by atoms with Gasteiger partial charge >= 0.3 is 6.18 Å². The summed E-state index contributed by atoms with van der Waals surface area (Å²) in [5.74, 6) is 0.408. The third-order valence-corrected chi connectivity index (χ3v) is 3.91. The van der Waals surface area contributed by atoms with Gasteiger partial charge in [0, 0.05) is 33.7 Å². The van der Waals surface area contributed by atoms with Crippen molar-refractivity contribution in [2.45, 2.75) is 39.0 Å². The molecule has 154 valence electrons. The van der Waals surface area contributed by atoms with E-state index in [0.29, 0.717) is 12.5 Å². The number of hydrogen-bond donors (Lipinski definition) is 1. The summed E-state index contributed by atoms with van der Waals surface area (Å²) in [5.41, 5.74) is 0.0465. The zero-order chi connectivity index (χ0) is 19.9. The zero-order valence-corrected chi connectivity index (χ0v) is 18.6. The van der Waals surface area contributed by atoms with Crippen molar-refractivity contribution >= 4 is 35.8 Å². The second-order valence-corrected chi connectivity index (χ2v) is 6.43. The maximum atomic E-state index is 12.7. The number of likely N-dealkylation sites (N-methyl/N-ethyl adjacent to an activating group) is 1. The van der Waals surface area contributed by atoms with Crippen molar-refractivity contribution in [3.05, 3.63) is 35.4 Å². The minimum absolute atomic E-state index is 0. The highest BCUT2D eigenvalue weighted by Gasteiger charge is 2.29. The van der Waals surface area contributed by atoms with Crippen molar-refractivity contribution in [1.29, 1.82) is 0 Å². The average molecular weight is 500 g/mol. The van der Waals surface area contributed by atoms with Gasteiger partial charge in [-0.1, -0.05) is 19.1 Å². The Bertz CT molecular complexity index is 618. The van der Waals surface area contributed by atoms with Gasteiger partial charge in [-0.2, -0.15) is 13.2 Å². The van der Waals surface area contributed by atoms with Crippen LogP contribution in [0.5, 0.6) is 0 Å². The molecule has 0 spiro atoms. The predicted molar refractivity (Wildman–Crippen MR) is 112 cm³/mol. The first-order valence-electron chi connectivity index (χ1n) is 8.43. The highest BCUT2D eigenvalue weighted by Crippen LogP contribution is 2.29. The molecular weight excluding hydrogens is 472 g/mol. The number of rotatable bonds is 6. The molecule has 1 aromatic rings. The molecule has 27 heavy (non-hydrogen) atoms. The number of nitrogens with one attached hydrogen (secondary N) is 1. The van der Waals surface area contributed by atoms with Gasteiger partial charge in [-0.3, -0.25) is 4.79 Å². The van der Waals surface area contributed by atoms with Crippen LogP contribution in [0, 0.1) is 0 Å². The van der Waals surface area contributed by atoms with Gasteiger partial charge in [0.15, 0.2) is 5.96 Å². The van der Waals surface area contributed by atoms with Gasteiger partial charge in [0.05, 0.1) is 5.56 Å². The minimum Gasteiger partial charge on any atom is -0.354 e. The summed E-state index contributed by atoms with van der Waals surface area (Å²) in [6.45, 7) is 4.39. The van der Waals surface area contributed by atoms with Crippen LogP contribution in [0.25, 0.3) is 0 Å². The Morgan fingerprint density at radius 3 is 2.19 bits per heavy atom. The molecule has 0 radical (unpaired) electrons. The summed E-state index contributed by atoms with van der Waals surface area (Å²) in [7, 11) is 5.10. The number of halogens is 4. The summed E-state index contributed by atoms with van der Waals surface area (Å²) in [4.78, 5) is 19.4. The fourth-order valence-corrected chi connectivity index (χ4v) is 2.03. The molecule has 0 fully saturated rings. The fraction of sp³-hybridized carbons (Fsp3) is 0.556. The topological polar surface area (TPSA) is 47.9 Å². The summed E-state index contributed by atoms with van der Waals surface area (Å²) in [5, 5.41) is 3.24. The van der Waals surface area contributed by atoms with Gasteiger partial charge < -0.3 is 15.1 Å². The Morgan fingerprint density at radius 1 is 1.19 bits per heavy atom. The van der Waals surface area contributed by atoms with Crippen LogP contribution in [0.4, 0.5) is 13.2 Å². The molecule has 0 heterocycles. The quantitative estimate of drug-likeness (QED) is 0.369. The van der Waals surface area contributed by atoms with Crippen molar-refractivity contribution in [3.8, 4) is 0 Å². The van der Waals surface area contributed by atoms with Crippen LogP contribution in [0.15, 0.2) is 29.3 Å². The summed E-state index contributed by atoms with van der Waals surface area (Å²) >= 11 is 0. The van der Waals surface area contributed by atoms with E-state index >= 15 is 0 Å². The number of amides is 1. The lowest BCUT2D eigenvalue weighted by atomic mass is 10.1. The first kappa shape index (κ1) is 25.5. The van der Waals surface area contributed by atoms with Crippen molar-refractivity contribution < 1.29 is 18.0 Å². The molecule has 1 aromatic carbocycles. The number of alkyl halides is 3. The van der Waals surface area contributed by atoms with E-state index < -0.39 is 11.7 Å². The molecule has 1 amide bonds. The van der Waals surface area contributed by atoms with E-state index in [9.17, 15) is 18.0 Å². The van der Waals surface area contributed by atoms with E-state index in [-0.39, 0.29) is 42.5 Å². The first-order valence-corrected chi connectivity index (χ1v) is 8.43. The predicted octanol–water partition coefficient (Wildman–Crippen LogP) is 3.59. The number of nitrogens with zero attached hydrogens (tertiary/aromatic N) is 3. The van der Waals surface area contributed by atoms with Gasteiger partial charge in [0.1, 0.15) is 6.54 Å². The summed E-state index contributed by atoms with van der Waals surface area (Å²) in [6, 6.07) is 5.18. The molecule has 0 aliphatic carbocycles. The summed E-state index contributed by atoms with van der Waals surface area (Å²) < 4.78 is 38.0. The molecule has 0 aromatic heterocycles. The second kappa shape index (κ2) is 11.4. The lowest BCUT2D eigenvalue weighted by Crippen LogP contribution is -2.43. The Labute approximate surface area is 176 Å². The van der Waals surface area contributed by atoms with E-state index in [1.807, 2.05) is 13.8 Å². The molecule has 0 saturated carbocycles. The number of aliphatic imine (C=N–C) groups is 1. The molecule has 1 unspecified atom stereocenters. The van der Waals surface area contributed by atoms with Crippen molar-refractivity contribution in [2.24, 2.45) is 4.99 Å². The van der Waals surface area contributed by atoms with E-state index in [4.69, 9.17) is 0 Å². The smallest absolute Gasteiger partial charge is 0.354 e. The highest BCUT2D eigenvalue weighted by molar-refractivity contribution is 14.0. The molecule has 0 bridgehead atoms. The maximum Gasteiger partial charge on any atom is 0.416 e. The molecule has 0 aliphatic rings. The molecular formula is C18H28F3IN4O. The molecule has 5 nitrogen and oxygen atoms in total. The molecule has 9 heteroatoms. The van der Waals surface area contributed by atoms with Crippen LogP contribution < -0.4 is 5.32 Å². The SMILES string of the molecule is CCC(C)NC(=NCC(=O)N(C)C)N(C)Cc1ccc(C(F)(F)F)cc1.I. The standard InChI is InChI=1S/C18H27F3N4O.HI/c1-6-13(2)23-17(22-11-16(26)24(3)4)25(5)12-14-7-9-15(10-8-14)18(19,20)21;/h7-10,13H,6,11-12H2,1-5H3,(H,22,23);1H. The van der Waals surface area contributed by atoms with Crippen LogP contribution in [-0.4, -0.2) is 55.4 Å². The van der Waals surface area contributed by atoms with E-state index in [2.05, 4.69) is 10.3 Å². The number of guanidine groups is 1. The fourth-order valence-electron chi connectivity index (χ4n) is 2.03. The third-order valence-electron chi connectivity index (χ3n) is 3.91. The number of carbonyl (C=O) groups is 1. The van der Waals surface area contributed by atoms with Crippen LogP contribution in [0.3, 0.4) is 0 Å². The van der Waals surface area contributed by atoms with Crippen LogP contribution in [-0.2, 0) is 17.5 Å². The number of benzene rings is 1. The second-order valence-electron chi connectivity index (χ2n) is 6.43. The molecule has 0 saturated heterocycles. The largest absolute Gasteiger partial charge is 0.416 e.